The molecule has 0 fully saturated rings. The number of nitrogens with one attached hydrogen (secondary N) is 1. The summed E-state index contributed by atoms with van der Waals surface area (Å²) in [5, 5.41) is 6.98. The van der Waals surface area contributed by atoms with Gasteiger partial charge in [0.2, 0.25) is 0 Å². The van der Waals surface area contributed by atoms with Crippen LogP contribution in [0.4, 0.5) is 5.82 Å². The Hall–Kier alpha value is -2.50. The second kappa shape index (κ2) is 6.98. The molecule has 2 aromatic rings. The summed E-state index contributed by atoms with van der Waals surface area (Å²) in [7, 11) is 1.83. The maximum atomic E-state index is 12.3. The van der Waals surface area contributed by atoms with Crippen LogP contribution in [0.25, 0.3) is 0 Å². The molecule has 1 aromatic heterocycles. The van der Waals surface area contributed by atoms with Crippen LogP contribution in [-0.4, -0.2) is 28.9 Å². The number of aromatic nitrogens is 2. The van der Waals surface area contributed by atoms with Crippen molar-refractivity contribution in [3.8, 4) is 11.5 Å². The third-order valence-electron chi connectivity index (χ3n) is 3.16. The highest BCUT2D eigenvalue weighted by Gasteiger charge is 2.13. The molecule has 0 radical (unpaired) electrons. The maximum absolute atomic E-state index is 12.3. The largest absolute Gasteiger partial charge is 0.490 e. The Morgan fingerprint density at radius 2 is 1.86 bits per heavy atom. The quantitative estimate of drug-likeness (QED) is 0.891. The van der Waals surface area contributed by atoms with Crippen LogP contribution in [0.15, 0.2) is 24.3 Å². The van der Waals surface area contributed by atoms with Crippen molar-refractivity contribution in [1.82, 2.24) is 9.78 Å². The number of carbonyl (C=O) groups is 1. The number of anilines is 1. The summed E-state index contributed by atoms with van der Waals surface area (Å²) in [5.74, 6) is 1.49. The second-order valence-electron chi connectivity index (χ2n) is 4.78. The fourth-order valence-electron chi connectivity index (χ4n) is 2.00. The Morgan fingerprint density at radius 3 is 2.45 bits per heavy atom. The minimum absolute atomic E-state index is 0.234. The lowest BCUT2D eigenvalue weighted by Gasteiger charge is -2.12. The van der Waals surface area contributed by atoms with E-state index in [0.717, 1.165) is 5.69 Å². The first kappa shape index (κ1) is 15.9. The van der Waals surface area contributed by atoms with Crippen LogP contribution < -0.4 is 14.8 Å². The van der Waals surface area contributed by atoms with Crippen molar-refractivity contribution in [2.75, 3.05) is 18.5 Å². The maximum Gasteiger partial charge on any atom is 0.257 e. The average molecular weight is 303 g/mol. The number of benzene rings is 1. The standard InChI is InChI=1S/C16H21N3O3/c1-5-21-13-8-7-12(10-14(13)22-6-2)16(20)17-15-9-11(3)19(4)18-15/h7-10H,5-6H2,1-4H3,(H,17,18,20). The lowest BCUT2D eigenvalue weighted by Crippen LogP contribution is -2.13. The number of ether oxygens (including phenoxy) is 2. The summed E-state index contributed by atoms with van der Waals surface area (Å²) in [4.78, 5) is 12.3. The Bertz CT molecular complexity index is 645. The van der Waals surface area contributed by atoms with E-state index >= 15 is 0 Å². The first-order valence-corrected chi connectivity index (χ1v) is 7.26. The zero-order chi connectivity index (χ0) is 16.1. The van der Waals surface area contributed by atoms with E-state index in [1.54, 1.807) is 22.9 Å². The Labute approximate surface area is 130 Å². The molecule has 6 nitrogen and oxygen atoms in total. The van der Waals surface area contributed by atoms with Crippen molar-refractivity contribution in [2.24, 2.45) is 7.05 Å². The monoisotopic (exact) mass is 303 g/mol. The van der Waals surface area contributed by atoms with Gasteiger partial charge < -0.3 is 14.8 Å². The minimum Gasteiger partial charge on any atom is -0.490 e. The minimum atomic E-state index is -0.234. The Balaban J connectivity index is 2.20. The number of rotatable bonds is 6. The predicted molar refractivity (Wildman–Crippen MR) is 84.7 cm³/mol. The summed E-state index contributed by atoms with van der Waals surface area (Å²) in [6.45, 7) is 6.76. The van der Waals surface area contributed by atoms with Gasteiger partial charge in [-0.3, -0.25) is 9.48 Å². The molecule has 22 heavy (non-hydrogen) atoms. The highest BCUT2D eigenvalue weighted by Crippen LogP contribution is 2.28. The highest BCUT2D eigenvalue weighted by molar-refractivity contribution is 6.04. The van der Waals surface area contributed by atoms with Gasteiger partial charge in [0, 0.05) is 24.4 Å². The fraction of sp³-hybridized carbons (Fsp3) is 0.375. The zero-order valence-corrected chi connectivity index (χ0v) is 13.3. The molecule has 1 amide bonds. The number of nitrogens with zero attached hydrogens (tertiary/aromatic N) is 2. The van der Waals surface area contributed by atoms with Gasteiger partial charge in [-0.05, 0) is 39.0 Å². The zero-order valence-electron chi connectivity index (χ0n) is 13.3. The Morgan fingerprint density at radius 1 is 1.18 bits per heavy atom. The van der Waals surface area contributed by atoms with Gasteiger partial charge in [0.05, 0.1) is 13.2 Å². The van der Waals surface area contributed by atoms with Crippen LogP contribution in [-0.2, 0) is 7.05 Å². The third kappa shape index (κ3) is 3.58. The molecule has 1 N–H and O–H groups in total. The molecule has 118 valence electrons. The van der Waals surface area contributed by atoms with Crippen molar-refractivity contribution < 1.29 is 14.3 Å². The summed E-state index contributed by atoms with van der Waals surface area (Å²) in [6.07, 6.45) is 0. The van der Waals surface area contributed by atoms with Crippen LogP contribution >= 0.6 is 0 Å². The van der Waals surface area contributed by atoms with Gasteiger partial charge in [-0.15, -0.1) is 0 Å². The third-order valence-corrected chi connectivity index (χ3v) is 3.16. The lowest BCUT2D eigenvalue weighted by molar-refractivity contribution is 0.102. The molecule has 0 bridgehead atoms. The van der Waals surface area contributed by atoms with Crippen molar-refractivity contribution in [2.45, 2.75) is 20.8 Å². The number of aryl methyl sites for hydroxylation is 2. The Kier molecular flexibility index (Phi) is 5.04. The molecular weight excluding hydrogens is 282 g/mol. The molecule has 0 saturated carbocycles. The molecule has 0 aliphatic carbocycles. The van der Waals surface area contributed by atoms with E-state index in [-0.39, 0.29) is 5.91 Å². The molecule has 2 rings (SSSR count). The van der Waals surface area contributed by atoms with Gasteiger partial charge in [0.15, 0.2) is 17.3 Å². The van der Waals surface area contributed by atoms with Gasteiger partial charge in [-0.2, -0.15) is 5.10 Å². The first-order chi connectivity index (χ1) is 10.5. The van der Waals surface area contributed by atoms with E-state index in [0.29, 0.717) is 36.1 Å². The smallest absolute Gasteiger partial charge is 0.257 e. The fourth-order valence-corrected chi connectivity index (χ4v) is 2.00. The molecule has 0 spiro atoms. The van der Waals surface area contributed by atoms with Gasteiger partial charge in [-0.1, -0.05) is 0 Å². The molecular formula is C16H21N3O3. The molecule has 1 aromatic carbocycles. The first-order valence-electron chi connectivity index (χ1n) is 7.26. The van der Waals surface area contributed by atoms with Crippen molar-refractivity contribution in [3.63, 3.8) is 0 Å². The highest BCUT2D eigenvalue weighted by atomic mass is 16.5. The number of hydrogen-bond donors (Lipinski definition) is 1. The van der Waals surface area contributed by atoms with E-state index in [1.807, 2.05) is 33.9 Å². The van der Waals surface area contributed by atoms with Gasteiger partial charge in [0.1, 0.15) is 0 Å². The van der Waals surface area contributed by atoms with E-state index < -0.39 is 0 Å². The normalized spacial score (nSPS) is 10.4. The average Bonchev–Trinajstić information content (AvgIpc) is 2.79. The van der Waals surface area contributed by atoms with Gasteiger partial charge in [0.25, 0.3) is 5.91 Å². The molecule has 6 heteroatoms. The number of hydrogen-bond acceptors (Lipinski definition) is 4. The number of amides is 1. The lowest BCUT2D eigenvalue weighted by atomic mass is 10.2. The molecule has 0 atom stereocenters. The second-order valence-corrected chi connectivity index (χ2v) is 4.78. The van der Waals surface area contributed by atoms with Crippen molar-refractivity contribution in [1.29, 1.82) is 0 Å². The van der Waals surface area contributed by atoms with E-state index in [1.165, 1.54) is 0 Å². The molecule has 0 unspecified atom stereocenters. The van der Waals surface area contributed by atoms with Crippen molar-refractivity contribution >= 4 is 11.7 Å². The van der Waals surface area contributed by atoms with Crippen LogP contribution in [0.2, 0.25) is 0 Å². The molecule has 0 aliphatic rings. The van der Waals surface area contributed by atoms with Gasteiger partial charge >= 0.3 is 0 Å². The van der Waals surface area contributed by atoms with Crippen LogP contribution in [0.1, 0.15) is 29.9 Å². The molecule has 1 heterocycles. The summed E-state index contributed by atoms with van der Waals surface area (Å²) < 4.78 is 12.7. The van der Waals surface area contributed by atoms with E-state index in [9.17, 15) is 4.79 Å². The predicted octanol–water partition coefficient (Wildman–Crippen LogP) is 2.78. The molecule has 0 aliphatic heterocycles. The van der Waals surface area contributed by atoms with Crippen LogP contribution in [0.3, 0.4) is 0 Å². The molecule has 0 saturated heterocycles. The summed E-state index contributed by atoms with van der Waals surface area (Å²) in [6, 6.07) is 6.95. The van der Waals surface area contributed by atoms with Crippen LogP contribution in [0, 0.1) is 6.92 Å². The summed E-state index contributed by atoms with van der Waals surface area (Å²) >= 11 is 0. The van der Waals surface area contributed by atoms with Crippen LogP contribution in [0.5, 0.6) is 11.5 Å². The van der Waals surface area contributed by atoms with E-state index in [2.05, 4.69) is 10.4 Å². The summed E-state index contributed by atoms with van der Waals surface area (Å²) in [5.41, 5.74) is 1.47. The number of carbonyl (C=O) groups excluding carboxylic acids is 1. The van der Waals surface area contributed by atoms with Crippen molar-refractivity contribution in [3.05, 3.63) is 35.5 Å². The van der Waals surface area contributed by atoms with Gasteiger partial charge in [-0.25, -0.2) is 0 Å². The topological polar surface area (TPSA) is 65.4 Å². The van der Waals surface area contributed by atoms with E-state index in [4.69, 9.17) is 9.47 Å². The SMILES string of the molecule is CCOc1ccc(C(=O)Nc2cc(C)n(C)n2)cc1OCC.